The molecule has 1 saturated carbocycles. The first-order valence-electron chi connectivity index (χ1n) is 6.25. The lowest BCUT2D eigenvalue weighted by Gasteiger charge is -2.23. The van der Waals surface area contributed by atoms with Crippen molar-refractivity contribution >= 4 is 22.8 Å². The molecule has 0 spiro atoms. The number of nitrogens with zero attached hydrogens (tertiary/aromatic N) is 2. The molecular formula is C14H17N3S. The second-order valence-electron chi connectivity index (χ2n) is 4.84. The fraction of sp³-hybridized carbons (Fsp3) is 0.357. The van der Waals surface area contributed by atoms with E-state index in [1.165, 1.54) is 17.7 Å². The summed E-state index contributed by atoms with van der Waals surface area (Å²) in [4.78, 5) is 8.28. The Labute approximate surface area is 111 Å². The van der Waals surface area contributed by atoms with Crippen LogP contribution in [0.5, 0.6) is 0 Å². The molecule has 0 aliphatic heterocycles. The molecule has 0 bridgehead atoms. The number of hydrogen-bond donors (Lipinski definition) is 1. The summed E-state index contributed by atoms with van der Waals surface area (Å²) < 4.78 is 0. The zero-order chi connectivity index (χ0) is 12.5. The van der Waals surface area contributed by atoms with Gasteiger partial charge in [-0.2, -0.15) is 0 Å². The first-order chi connectivity index (χ1) is 8.74. The van der Waals surface area contributed by atoms with E-state index < -0.39 is 0 Å². The largest absolute Gasteiger partial charge is 0.397 e. The minimum absolute atomic E-state index is 0.655. The summed E-state index contributed by atoms with van der Waals surface area (Å²) in [6, 6.07) is 7.04. The van der Waals surface area contributed by atoms with Gasteiger partial charge < -0.3 is 10.6 Å². The maximum atomic E-state index is 5.84. The van der Waals surface area contributed by atoms with Gasteiger partial charge >= 0.3 is 0 Å². The first-order valence-corrected chi connectivity index (χ1v) is 7.13. The smallest absolute Gasteiger partial charge is 0.129 e. The van der Waals surface area contributed by atoms with E-state index in [2.05, 4.69) is 33.5 Å². The molecule has 0 atom stereocenters. The highest BCUT2D eigenvalue weighted by Gasteiger charge is 2.30. The second-order valence-corrected chi connectivity index (χ2v) is 5.87. The molecule has 0 radical (unpaired) electrons. The third-order valence-electron chi connectivity index (χ3n) is 3.33. The minimum Gasteiger partial charge on any atom is -0.397 e. The van der Waals surface area contributed by atoms with Gasteiger partial charge in [-0.25, -0.2) is 4.98 Å². The van der Waals surface area contributed by atoms with Crippen molar-refractivity contribution in [3.8, 4) is 0 Å². The van der Waals surface area contributed by atoms with E-state index in [1.807, 2.05) is 6.92 Å². The van der Waals surface area contributed by atoms with Crippen molar-refractivity contribution in [1.29, 1.82) is 0 Å². The quantitative estimate of drug-likeness (QED) is 0.916. The fourth-order valence-corrected chi connectivity index (χ4v) is 2.77. The Morgan fingerprint density at radius 1 is 1.50 bits per heavy atom. The van der Waals surface area contributed by atoms with Crippen LogP contribution in [0.15, 0.2) is 29.8 Å². The molecule has 3 nitrogen and oxygen atoms in total. The summed E-state index contributed by atoms with van der Waals surface area (Å²) in [7, 11) is 0. The average Bonchev–Trinajstić information content (AvgIpc) is 3.07. The summed E-state index contributed by atoms with van der Waals surface area (Å²) in [5.41, 5.74) is 7.71. The predicted molar refractivity (Wildman–Crippen MR) is 76.9 cm³/mol. The van der Waals surface area contributed by atoms with Crippen LogP contribution in [0.3, 0.4) is 0 Å². The lowest BCUT2D eigenvalue weighted by Crippen LogP contribution is -2.25. The molecule has 0 unspecified atom stereocenters. The van der Waals surface area contributed by atoms with Gasteiger partial charge in [-0.15, -0.1) is 11.3 Å². The van der Waals surface area contributed by atoms with Gasteiger partial charge in [0.25, 0.3) is 0 Å². The van der Waals surface area contributed by atoms with Crippen LogP contribution in [0.2, 0.25) is 0 Å². The maximum absolute atomic E-state index is 5.84. The number of hydrogen-bond acceptors (Lipinski definition) is 4. The normalized spacial score (nSPS) is 14.7. The Hall–Kier alpha value is -1.55. The Bertz CT molecular complexity index is 532. The highest BCUT2D eigenvalue weighted by Crippen LogP contribution is 2.33. The molecule has 2 N–H and O–H groups in total. The van der Waals surface area contributed by atoms with Gasteiger partial charge in [-0.3, -0.25) is 0 Å². The van der Waals surface area contributed by atoms with Crippen LogP contribution in [0, 0.1) is 6.92 Å². The van der Waals surface area contributed by atoms with Crippen LogP contribution in [-0.4, -0.2) is 11.0 Å². The zero-order valence-electron chi connectivity index (χ0n) is 10.5. The number of aromatic nitrogens is 1. The molecule has 0 aromatic carbocycles. The van der Waals surface area contributed by atoms with Gasteiger partial charge in [-0.05, 0) is 42.8 Å². The van der Waals surface area contributed by atoms with Gasteiger partial charge in [0.1, 0.15) is 5.82 Å². The van der Waals surface area contributed by atoms with Crippen molar-refractivity contribution in [2.45, 2.75) is 32.4 Å². The molecule has 0 saturated heterocycles. The molecule has 2 aromatic rings. The number of pyridine rings is 1. The van der Waals surface area contributed by atoms with Gasteiger partial charge in [0.05, 0.1) is 18.4 Å². The Balaban J connectivity index is 1.86. The van der Waals surface area contributed by atoms with Gasteiger partial charge in [0.15, 0.2) is 0 Å². The number of anilines is 2. The minimum atomic E-state index is 0.655. The topological polar surface area (TPSA) is 42.2 Å². The predicted octanol–water partition coefficient (Wildman–Crippen LogP) is 3.20. The average molecular weight is 259 g/mol. The third-order valence-corrected chi connectivity index (χ3v) is 4.19. The van der Waals surface area contributed by atoms with Crippen LogP contribution in [0.25, 0.3) is 0 Å². The Morgan fingerprint density at radius 3 is 2.94 bits per heavy atom. The molecule has 4 heteroatoms. The van der Waals surface area contributed by atoms with Crippen LogP contribution in [-0.2, 0) is 6.54 Å². The first kappa shape index (κ1) is 11.5. The van der Waals surface area contributed by atoms with Gasteiger partial charge in [0, 0.05) is 10.9 Å². The molecule has 18 heavy (non-hydrogen) atoms. The maximum Gasteiger partial charge on any atom is 0.129 e. The molecule has 1 fully saturated rings. The van der Waals surface area contributed by atoms with E-state index >= 15 is 0 Å². The standard InChI is InChI=1S/C14H17N3S/c1-10-7-14(16-8-13(10)15)17(11-4-5-11)9-12-3-2-6-18-12/h2-3,6-8,11H,4-5,9,15H2,1H3. The summed E-state index contributed by atoms with van der Waals surface area (Å²) >= 11 is 1.80. The van der Waals surface area contributed by atoms with E-state index in [4.69, 9.17) is 5.73 Å². The van der Waals surface area contributed by atoms with E-state index in [9.17, 15) is 0 Å². The van der Waals surface area contributed by atoms with Gasteiger partial charge in [-0.1, -0.05) is 6.07 Å². The second kappa shape index (κ2) is 4.61. The monoisotopic (exact) mass is 259 g/mol. The summed E-state index contributed by atoms with van der Waals surface area (Å²) in [6.45, 7) is 3.00. The van der Waals surface area contributed by atoms with Crippen molar-refractivity contribution in [1.82, 2.24) is 4.98 Å². The van der Waals surface area contributed by atoms with E-state index in [0.29, 0.717) is 6.04 Å². The number of aryl methyl sites for hydroxylation is 1. The zero-order valence-corrected chi connectivity index (χ0v) is 11.3. The molecule has 1 aliphatic rings. The van der Waals surface area contributed by atoms with Crippen LogP contribution in [0.1, 0.15) is 23.3 Å². The van der Waals surface area contributed by atoms with Crippen molar-refractivity contribution in [3.63, 3.8) is 0 Å². The molecule has 2 heterocycles. The highest BCUT2D eigenvalue weighted by atomic mass is 32.1. The molecule has 94 valence electrons. The van der Waals surface area contributed by atoms with Crippen molar-refractivity contribution < 1.29 is 0 Å². The summed E-state index contributed by atoms with van der Waals surface area (Å²) in [5.74, 6) is 1.05. The third kappa shape index (κ3) is 2.34. The molecule has 0 amide bonds. The van der Waals surface area contributed by atoms with Crippen molar-refractivity contribution in [2.75, 3.05) is 10.6 Å². The molecule has 2 aromatic heterocycles. The van der Waals surface area contributed by atoms with Crippen molar-refractivity contribution in [2.24, 2.45) is 0 Å². The SMILES string of the molecule is Cc1cc(N(Cc2cccs2)C2CC2)ncc1N. The van der Waals surface area contributed by atoms with Crippen LogP contribution in [0.4, 0.5) is 11.5 Å². The van der Waals surface area contributed by atoms with Crippen LogP contribution >= 0.6 is 11.3 Å². The molecule has 1 aliphatic carbocycles. The van der Waals surface area contributed by atoms with Gasteiger partial charge in [0.2, 0.25) is 0 Å². The number of rotatable bonds is 4. The number of thiophene rings is 1. The Morgan fingerprint density at radius 2 is 2.33 bits per heavy atom. The lowest BCUT2D eigenvalue weighted by molar-refractivity contribution is 0.786. The fourth-order valence-electron chi connectivity index (χ4n) is 2.06. The van der Waals surface area contributed by atoms with E-state index in [1.54, 1.807) is 17.5 Å². The number of nitrogens with two attached hydrogens (primary N) is 1. The summed E-state index contributed by atoms with van der Waals surface area (Å²) in [6.07, 6.45) is 4.32. The molecular weight excluding hydrogens is 242 g/mol. The highest BCUT2D eigenvalue weighted by molar-refractivity contribution is 7.09. The molecule has 3 rings (SSSR count). The Kier molecular flexibility index (Phi) is 2.96. The van der Waals surface area contributed by atoms with Crippen molar-refractivity contribution in [3.05, 3.63) is 40.2 Å². The number of nitrogen functional groups attached to an aromatic ring is 1. The van der Waals surface area contributed by atoms with E-state index in [0.717, 1.165) is 23.6 Å². The summed E-state index contributed by atoms with van der Waals surface area (Å²) in [5, 5.41) is 2.13. The van der Waals surface area contributed by atoms with Crippen LogP contribution < -0.4 is 10.6 Å². The van der Waals surface area contributed by atoms with E-state index in [-0.39, 0.29) is 0 Å². The lowest BCUT2D eigenvalue weighted by atomic mass is 10.2.